The van der Waals surface area contributed by atoms with Crippen LogP contribution in [0.5, 0.6) is 0 Å². The summed E-state index contributed by atoms with van der Waals surface area (Å²) in [6.07, 6.45) is 3.39. The maximum Gasteiger partial charge on any atom is 0.0404 e. The summed E-state index contributed by atoms with van der Waals surface area (Å²) in [6, 6.07) is 7.58. The first-order chi connectivity index (χ1) is 7.76. The highest BCUT2D eigenvalue weighted by molar-refractivity contribution is 5.60. The summed E-state index contributed by atoms with van der Waals surface area (Å²) in [7, 11) is 0. The molecule has 2 rings (SSSR count). The highest BCUT2D eigenvalue weighted by Crippen LogP contribution is 2.32. The second kappa shape index (κ2) is 4.88. The Hall–Kier alpha value is -1.02. The minimum absolute atomic E-state index is 0.657. The number of benzene rings is 1. The predicted octanol–water partition coefficient (Wildman–Crippen LogP) is 2.35. The number of aryl methyl sites for hydroxylation is 1. The zero-order chi connectivity index (χ0) is 11.5. The zero-order valence-electron chi connectivity index (χ0n) is 10.4. The van der Waals surface area contributed by atoms with Crippen LogP contribution in [-0.4, -0.2) is 19.1 Å². The third kappa shape index (κ3) is 2.07. The molecule has 0 bridgehead atoms. The second-order valence-electron chi connectivity index (χ2n) is 4.69. The first kappa shape index (κ1) is 11.5. The van der Waals surface area contributed by atoms with E-state index in [1.807, 2.05) is 0 Å². The lowest BCUT2D eigenvalue weighted by molar-refractivity contribution is 0.690. The van der Waals surface area contributed by atoms with E-state index in [9.17, 15) is 0 Å². The molecule has 2 heteroatoms. The molecular formula is C14H22N2. The summed E-state index contributed by atoms with van der Waals surface area (Å²) in [6.45, 7) is 6.43. The van der Waals surface area contributed by atoms with Gasteiger partial charge in [-0.25, -0.2) is 0 Å². The molecule has 1 heterocycles. The Bertz CT molecular complexity index is 360. The van der Waals surface area contributed by atoms with Crippen molar-refractivity contribution < 1.29 is 0 Å². The van der Waals surface area contributed by atoms with Crippen molar-refractivity contribution in [2.45, 2.75) is 39.2 Å². The van der Waals surface area contributed by atoms with Crippen molar-refractivity contribution in [3.63, 3.8) is 0 Å². The molecule has 0 amide bonds. The van der Waals surface area contributed by atoms with E-state index in [-0.39, 0.29) is 0 Å². The molecule has 0 spiro atoms. The predicted molar refractivity (Wildman–Crippen MR) is 70.0 cm³/mol. The summed E-state index contributed by atoms with van der Waals surface area (Å²) < 4.78 is 0. The van der Waals surface area contributed by atoms with E-state index in [0.717, 1.165) is 25.9 Å². The van der Waals surface area contributed by atoms with E-state index >= 15 is 0 Å². The Morgan fingerprint density at radius 3 is 2.94 bits per heavy atom. The van der Waals surface area contributed by atoms with Gasteiger partial charge in [0.2, 0.25) is 0 Å². The van der Waals surface area contributed by atoms with Crippen molar-refractivity contribution >= 4 is 5.69 Å². The molecule has 2 nitrogen and oxygen atoms in total. The first-order valence-corrected chi connectivity index (χ1v) is 6.34. The van der Waals surface area contributed by atoms with Gasteiger partial charge in [-0.3, -0.25) is 0 Å². The molecule has 0 saturated carbocycles. The highest BCUT2D eigenvalue weighted by Gasteiger charge is 2.24. The lowest BCUT2D eigenvalue weighted by Gasteiger charge is -2.23. The van der Waals surface area contributed by atoms with Gasteiger partial charge in [0.15, 0.2) is 0 Å². The lowest BCUT2D eigenvalue weighted by Crippen LogP contribution is -2.28. The van der Waals surface area contributed by atoms with Gasteiger partial charge in [-0.1, -0.05) is 12.1 Å². The quantitative estimate of drug-likeness (QED) is 0.840. The molecule has 0 fully saturated rings. The fourth-order valence-corrected chi connectivity index (χ4v) is 2.66. The molecule has 1 unspecified atom stereocenters. The van der Waals surface area contributed by atoms with Crippen molar-refractivity contribution in [1.82, 2.24) is 0 Å². The van der Waals surface area contributed by atoms with E-state index < -0.39 is 0 Å². The number of fused-ring (bicyclic) bond motifs is 1. The summed E-state index contributed by atoms with van der Waals surface area (Å²) >= 11 is 0. The van der Waals surface area contributed by atoms with Crippen LogP contribution in [0.25, 0.3) is 0 Å². The van der Waals surface area contributed by atoms with Crippen LogP contribution in [0.4, 0.5) is 5.69 Å². The molecule has 1 aliphatic rings. The van der Waals surface area contributed by atoms with Gasteiger partial charge in [0.25, 0.3) is 0 Å². The van der Waals surface area contributed by atoms with Crippen LogP contribution in [0.2, 0.25) is 0 Å². The van der Waals surface area contributed by atoms with Gasteiger partial charge in [0.05, 0.1) is 0 Å². The maximum absolute atomic E-state index is 5.55. The van der Waals surface area contributed by atoms with Gasteiger partial charge < -0.3 is 10.6 Å². The van der Waals surface area contributed by atoms with Gasteiger partial charge in [0.1, 0.15) is 0 Å². The molecule has 0 radical (unpaired) electrons. The number of nitrogens with zero attached hydrogens (tertiary/aromatic N) is 1. The van der Waals surface area contributed by atoms with Crippen LogP contribution in [0.3, 0.4) is 0 Å². The topological polar surface area (TPSA) is 29.3 Å². The minimum atomic E-state index is 0.657. The smallest absolute Gasteiger partial charge is 0.0404 e. The van der Waals surface area contributed by atoms with Gasteiger partial charge in [-0.2, -0.15) is 0 Å². The molecule has 1 aromatic rings. The Labute approximate surface area is 98.4 Å². The Kier molecular flexibility index (Phi) is 3.49. The van der Waals surface area contributed by atoms with Crippen molar-refractivity contribution in [3.05, 3.63) is 29.3 Å². The molecule has 1 atom stereocenters. The maximum atomic E-state index is 5.55. The molecule has 0 aromatic heterocycles. The standard InChI is InChI=1S/C14H22N2/c1-3-16-11(2)9-13-7-6-12(5-4-8-15)10-14(13)16/h6-7,10-11H,3-5,8-9,15H2,1-2H3. The van der Waals surface area contributed by atoms with Crippen LogP contribution in [0, 0.1) is 0 Å². The van der Waals surface area contributed by atoms with Gasteiger partial charge in [-0.15, -0.1) is 0 Å². The van der Waals surface area contributed by atoms with Crippen LogP contribution in [0.15, 0.2) is 18.2 Å². The molecular weight excluding hydrogens is 196 g/mol. The summed E-state index contributed by atoms with van der Waals surface area (Å²) in [5.41, 5.74) is 9.94. The van der Waals surface area contributed by atoms with Crippen molar-refractivity contribution in [2.75, 3.05) is 18.0 Å². The zero-order valence-corrected chi connectivity index (χ0v) is 10.4. The van der Waals surface area contributed by atoms with E-state index in [1.165, 1.54) is 23.2 Å². The van der Waals surface area contributed by atoms with E-state index in [2.05, 4.69) is 36.9 Å². The number of hydrogen-bond donors (Lipinski definition) is 1. The van der Waals surface area contributed by atoms with Crippen LogP contribution < -0.4 is 10.6 Å². The summed E-state index contributed by atoms with van der Waals surface area (Å²) in [4.78, 5) is 2.50. The lowest BCUT2D eigenvalue weighted by atomic mass is 10.0. The number of nitrogens with two attached hydrogens (primary N) is 1. The molecule has 0 saturated heterocycles. The van der Waals surface area contributed by atoms with Crippen LogP contribution in [-0.2, 0) is 12.8 Å². The van der Waals surface area contributed by atoms with E-state index in [1.54, 1.807) is 0 Å². The van der Waals surface area contributed by atoms with Crippen LogP contribution in [0.1, 0.15) is 31.4 Å². The Morgan fingerprint density at radius 1 is 1.44 bits per heavy atom. The van der Waals surface area contributed by atoms with E-state index in [4.69, 9.17) is 5.73 Å². The number of rotatable bonds is 4. The summed E-state index contributed by atoms with van der Waals surface area (Å²) in [5, 5.41) is 0. The molecule has 88 valence electrons. The Balaban J connectivity index is 2.21. The number of hydrogen-bond acceptors (Lipinski definition) is 2. The Morgan fingerprint density at radius 2 is 2.25 bits per heavy atom. The molecule has 16 heavy (non-hydrogen) atoms. The highest BCUT2D eigenvalue weighted by atomic mass is 15.2. The third-order valence-corrected chi connectivity index (χ3v) is 3.52. The van der Waals surface area contributed by atoms with Gasteiger partial charge in [-0.05, 0) is 56.8 Å². The van der Waals surface area contributed by atoms with Crippen molar-refractivity contribution in [2.24, 2.45) is 5.73 Å². The first-order valence-electron chi connectivity index (χ1n) is 6.34. The molecule has 1 aromatic carbocycles. The third-order valence-electron chi connectivity index (χ3n) is 3.52. The molecule has 0 aliphatic carbocycles. The largest absolute Gasteiger partial charge is 0.369 e. The fourth-order valence-electron chi connectivity index (χ4n) is 2.66. The average molecular weight is 218 g/mol. The fraction of sp³-hybridized carbons (Fsp3) is 0.571. The average Bonchev–Trinajstić information content (AvgIpc) is 2.61. The summed E-state index contributed by atoms with van der Waals surface area (Å²) in [5.74, 6) is 0. The minimum Gasteiger partial charge on any atom is -0.369 e. The normalized spacial score (nSPS) is 18.9. The van der Waals surface area contributed by atoms with Crippen molar-refractivity contribution in [1.29, 1.82) is 0 Å². The molecule has 2 N–H and O–H groups in total. The number of likely N-dealkylation sites (N-methyl/N-ethyl adjacent to an activating group) is 1. The number of anilines is 1. The van der Waals surface area contributed by atoms with Gasteiger partial charge >= 0.3 is 0 Å². The van der Waals surface area contributed by atoms with Crippen molar-refractivity contribution in [3.8, 4) is 0 Å². The SMILES string of the molecule is CCN1c2cc(CCCN)ccc2CC1C. The van der Waals surface area contributed by atoms with Gasteiger partial charge in [0, 0.05) is 18.3 Å². The second-order valence-corrected chi connectivity index (χ2v) is 4.69. The monoisotopic (exact) mass is 218 g/mol. The molecule has 1 aliphatic heterocycles. The van der Waals surface area contributed by atoms with Crippen LogP contribution >= 0.6 is 0 Å². The van der Waals surface area contributed by atoms with E-state index in [0.29, 0.717) is 6.04 Å².